The molecule has 1 saturated heterocycles. The molecule has 0 aromatic rings. The lowest BCUT2D eigenvalue weighted by atomic mass is 9.76. The molecule has 6 heteroatoms. The molecule has 0 spiro atoms. The van der Waals surface area contributed by atoms with Gasteiger partial charge in [-0.1, -0.05) is 19.8 Å². The van der Waals surface area contributed by atoms with Crippen LogP contribution in [0, 0.1) is 5.92 Å². The van der Waals surface area contributed by atoms with Gasteiger partial charge in [-0.2, -0.15) is 17.4 Å². The largest absolute Gasteiger partial charge is 0.329 e. The lowest BCUT2D eigenvalue weighted by Crippen LogP contribution is -2.59. The number of hydrogen-bond acceptors (Lipinski definition) is 3. The van der Waals surface area contributed by atoms with E-state index >= 15 is 0 Å². The molecule has 20 heavy (non-hydrogen) atoms. The van der Waals surface area contributed by atoms with Crippen molar-refractivity contribution in [2.75, 3.05) is 19.6 Å². The summed E-state index contributed by atoms with van der Waals surface area (Å²) in [6.07, 6.45) is 8.14. The standard InChI is InChI=1S/C14H29N3O2S/c1-2-13-6-8-14(12-15,9-7-13)16-20(18,19)17-10-4-3-5-11-17/h13,16H,2-12,15H2,1H3. The van der Waals surface area contributed by atoms with Gasteiger partial charge < -0.3 is 5.73 Å². The van der Waals surface area contributed by atoms with Gasteiger partial charge >= 0.3 is 0 Å². The van der Waals surface area contributed by atoms with Gasteiger partial charge in [-0.15, -0.1) is 0 Å². The van der Waals surface area contributed by atoms with E-state index in [0.29, 0.717) is 19.6 Å². The van der Waals surface area contributed by atoms with Crippen LogP contribution in [0.4, 0.5) is 0 Å². The first kappa shape index (κ1) is 16.2. The van der Waals surface area contributed by atoms with Crippen LogP contribution in [0.3, 0.4) is 0 Å². The number of nitrogens with zero attached hydrogens (tertiary/aromatic N) is 1. The number of nitrogens with one attached hydrogen (secondary N) is 1. The summed E-state index contributed by atoms with van der Waals surface area (Å²) in [5.74, 6) is 0.731. The molecule has 1 heterocycles. The Kier molecular flexibility index (Phi) is 5.45. The third-order valence-electron chi connectivity index (χ3n) is 5.03. The molecule has 0 unspecified atom stereocenters. The SMILES string of the molecule is CCC1CCC(CN)(NS(=O)(=O)N2CCCCC2)CC1. The molecule has 0 bridgehead atoms. The predicted molar refractivity (Wildman–Crippen MR) is 81.5 cm³/mol. The maximum atomic E-state index is 12.5. The van der Waals surface area contributed by atoms with Crippen LogP contribution in [-0.4, -0.2) is 37.9 Å². The Hall–Kier alpha value is -0.170. The number of nitrogens with two attached hydrogens (primary N) is 1. The van der Waals surface area contributed by atoms with Crippen molar-refractivity contribution in [3.05, 3.63) is 0 Å². The quantitative estimate of drug-likeness (QED) is 0.810. The van der Waals surface area contributed by atoms with Crippen molar-refractivity contribution in [3.8, 4) is 0 Å². The zero-order chi connectivity index (χ0) is 14.6. The summed E-state index contributed by atoms with van der Waals surface area (Å²) in [6, 6.07) is 0. The van der Waals surface area contributed by atoms with Gasteiger partial charge in [0.15, 0.2) is 0 Å². The zero-order valence-electron chi connectivity index (χ0n) is 12.6. The molecule has 118 valence electrons. The van der Waals surface area contributed by atoms with Gasteiger partial charge in [0, 0.05) is 25.2 Å². The van der Waals surface area contributed by atoms with E-state index < -0.39 is 15.7 Å². The average molecular weight is 303 g/mol. The Morgan fingerprint density at radius 3 is 2.30 bits per heavy atom. The van der Waals surface area contributed by atoms with E-state index in [1.165, 1.54) is 6.42 Å². The first-order chi connectivity index (χ1) is 9.51. The smallest absolute Gasteiger partial charge is 0.279 e. The van der Waals surface area contributed by atoms with E-state index in [0.717, 1.165) is 50.9 Å². The van der Waals surface area contributed by atoms with E-state index in [4.69, 9.17) is 5.73 Å². The van der Waals surface area contributed by atoms with Crippen LogP contribution in [0.25, 0.3) is 0 Å². The molecule has 1 aliphatic heterocycles. The highest BCUT2D eigenvalue weighted by Gasteiger charge is 2.39. The van der Waals surface area contributed by atoms with E-state index in [1.54, 1.807) is 4.31 Å². The predicted octanol–water partition coefficient (Wildman–Crippen LogP) is 1.60. The Morgan fingerprint density at radius 1 is 1.20 bits per heavy atom. The van der Waals surface area contributed by atoms with E-state index in [2.05, 4.69) is 11.6 Å². The molecule has 3 N–H and O–H groups in total. The molecule has 2 rings (SSSR count). The van der Waals surface area contributed by atoms with Gasteiger partial charge in [0.2, 0.25) is 0 Å². The van der Waals surface area contributed by atoms with Crippen LogP contribution in [0.15, 0.2) is 0 Å². The van der Waals surface area contributed by atoms with Crippen LogP contribution in [0.2, 0.25) is 0 Å². The number of hydrogen-bond donors (Lipinski definition) is 2. The van der Waals surface area contributed by atoms with Crippen LogP contribution in [-0.2, 0) is 10.2 Å². The van der Waals surface area contributed by atoms with Crippen molar-refractivity contribution in [2.45, 2.75) is 63.8 Å². The van der Waals surface area contributed by atoms with Crippen molar-refractivity contribution < 1.29 is 8.42 Å². The summed E-state index contributed by atoms with van der Waals surface area (Å²) in [5, 5.41) is 0. The average Bonchev–Trinajstić information content (AvgIpc) is 2.48. The minimum absolute atomic E-state index is 0.399. The first-order valence-electron chi connectivity index (χ1n) is 8.00. The molecule has 0 aromatic heterocycles. The highest BCUT2D eigenvalue weighted by atomic mass is 32.2. The zero-order valence-corrected chi connectivity index (χ0v) is 13.4. The van der Waals surface area contributed by atoms with Gasteiger partial charge in [-0.3, -0.25) is 0 Å². The van der Waals surface area contributed by atoms with Crippen LogP contribution < -0.4 is 10.5 Å². The summed E-state index contributed by atoms with van der Waals surface area (Å²) >= 11 is 0. The summed E-state index contributed by atoms with van der Waals surface area (Å²) in [7, 11) is -3.37. The highest BCUT2D eigenvalue weighted by molar-refractivity contribution is 7.87. The fourth-order valence-electron chi connectivity index (χ4n) is 3.43. The van der Waals surface area contributed by atoms with Crippen molar-refractivity contribution >= 4 is 10.2 Å². The van der Waals surface area contributed by atoms with Gasteiger partial charge in [-0.25, -0.2) is 0 Å². The van der Waals surface area contributed by atoms with Gasteiger partial charge in [-0.05, 0) is 44.4 Å². The second kappa shape index (κ2) is 6.73. The molecule has 1 aliphatic carbocycles. The Balaban J connectivity index is 2.01. The molecular weight excluding hydrogens is 274 g/mol. The van der Waals surface area contributed by atoms with E-state index in [9.17, 15) is 8.42 Å². The van der Waals surface area contributed by atoms with Crippen molar-refractivity contribution in [3.63, 3.8) is 0 Å². The maximum Gasteiger partial charge on any atom is 0.279 e. The molecule has 1 saturated carbocycles. The first-order valence-corrected chi connectivity index (χ1v) is 9.44. The number of piperidine rings is 1. The molecule has 0 atom stereocenters. The molecule has 2 aliphatic rings. The third kappa shape index (κ3) is 3.72. The van der Waals surface area contributed by atoms with E-state index in [1.807, 2.05) is 0 Å². The summed E-state index contributed by atoms with van der Waals surface area (Å²) in [4.78, 5) is 0. The van der Waals surface area contributed by atoms with Crippen LogP contribution in [0.5, 0.6) is 0 Å². The third-order valence-corrected chi connectivity index (χ3v) is 6.77. The molecule has 0 amide bonds. The van der Waals surface area contributed by atoms with E-state index in [-0.39, 0.29) is 0 Å². The molecule has 5 nitrogen and oxygen atoms in total. The van der Waals surface area contributed by atoms with Crippen molar-refractivity contribution in [2.24, 2.45) is 11.7 Å². The molecule has 2 fully saturated rings. The maximum absolute atomic E-state index is 12.5. The fourth-order valence-corrected chi connectivity index (χ4v) is 5.13. The minimum atomic E-state index is -3.37. The highest BCUT2D eigenvalue weighted by Crippen LogP contribution is 2.34. The van der Waals surface area contributed by atoms with Crippen molar-refractivity contribution in [1.29, 1.82) is 0 Å². The second-order valence-corrected chi connectivity index (χ2v) is 8.07. The fraction of sp³-hybridized carbons (Fsp3) is 1.00. The lowest BCUT2D eigenvalue weighted by Gasteiger charge is -2.41. The summed E-state index contributed by atoms with van der Waals surface area (Å²) < 4.78 is 29.6. The topological polar surface area (TPSA) is 75.4 Å². The molecular formula is C14H29N3O2S. The molecule has 0 aromatic carbocycles. The van der Waals surface area contributed by atoms with Crippen LogP contribution in [0.1, 0.15) is 58.3 Å². The second-order valence-electron chi connectivity index (χ2n) is 6.40. The van der Waals surface area contributed by atoms with Gasteiger partial charge in [0.05, 0.1) is 0 Å². The summed E-state index contributed by atoms with van der Waals surface area (Å²) in [5.41, 5.74) is 5.50. The van der Waals surface area contributed by atoms with Crippen molar-refractivity contribution in [1.82, 2.24) is 9.03 Å². The number of rotatable bonds is 5. The Bertz CT molecular complexity index is 397. The summed E-state index contributed by atoms with van der Waals surface area (Å²) in [6.45, 7) is 3.90. The Morgan fingerprint density at radius 2 is 1.80 bits per heavy atom. The lowest BCUT2D eigenvalue weighted by molar-refractivity contribution is 0.211. The normalized spacial score (nSPS) is 33.2. The Labute approximate surface area is 123 Å². The minimum Gasteiger partial charge on any atom is -0.329 e. The van der Waals surface area contributed by atoms with Gasteiger partial charge in [0.1, 0.15) is 0 Å². The van der Waals surface area contributed by atoms with Crippen LogP contribution >= 0.6 is 0 Å². The van der Waals surface area contributed by atoms with Gasteiger partial charge in [0.25, 0.3) is 10.2 Å². The molecule has 0 radical (unpaired) electrons. The monoisotopic (exact) mass is 303 g/mol.